The number of nitrogens with zero attached hydrogens (tertiary/aromatic N) is 3. The molecule has 1 aliphatic rings. The molecule has 3 heterocycles. The van der Waals surface area contributed by atoms with Crippen LogP contribution in [0.2, 0.25) is 0 Å². The molecule has 0 radical (unpaired) electrons. The number of aliphatic hydroxyl groups excluding tert-OH is 1. The van der Waals surface area contributed by atoms with Crippen LogP contribution in [0.15, 0.2) is 27.3 Å². The molecule has 0 saturated carbocycles. The van der Waals surface area contributed by atoms with Crippen molar-refractivity contribution in [3.63, 3.8) is 0 Å². The minimum absolute atomic E-state index is 0.295. The second-order valence-corrected chi connectivity index (χ2v) is 11.2. The zero-order valence-corrected chi connectivity index (χ0v) is 22.8. The van der Waals surface area contributed by atoms with Crippen LogP contribution in [0.25, 0.3) is 16.7 Å². The Balaban J connectivity index is 1.87. The Labute approximate surface area is 208 Å². The fraction of sp³-hybridized carbons (Fsp3) is 0.500. The van der Waals surface area contributed by atoms with Gasteiger partial charge in [-0.05, 0) is 113 Å². The van der Waals surface area contributed by atoms with Gasteiger partial charge in [0, 0.05) is 45.9 Å². The second-order valence-electron chi connectivity index (χ2n) is 9.46. The Morgan fingerprint density at radius 3 is 2.25 bits per heavy atom. The topological polar surface area (TPSA) is 41.3 Å². The van der Waals surface area contributed by atoms with Crippen molar-refractivity contribution >= 4 is 48.6 Å². The summed E-state index contributed by atoms with van der Waals surface area (Å²) in [6.07, 6.45) is 5.21. The summed E-state index contributed by atoms with van der Waals surface area (Å²) < 4.78 is 4.44. The lowest BCUT2D eigenvalue weighted by Gasteiger charge is -2.35. The summed E-state index contributed by atoms with van der Waals surface area (Å²) >= 11 is 7.71. The lowest BCUT2D eigenvalue weighted by atomic mass is 9.93. The summed E-state index contributed by atoms with van der Waals surface area (Å²) in [5.41, 5.74) is 8.47. The van der Waals surface area contributed by atoms with Crippen molar-refractivity contribution in [1.29, 1.82) is 0 Å². The predicted octanol–water partition coefficient (Wildman–Crippen LogP) is 7.20. The molecule has 1 fully saturated rings. The van der Waals surface area contributed by atoms with Gasteiger partial charge in [0.05, 0.1) is 11.4 Å². The smallest absolute Gasteiger partial charge is 0.147 e. The van der Waals surface area contributed by atoms with E-state index in [4.69, 9.17) is 4.98 Å². The number of aromatic nitrogens is 2. The van der Waals surface area contributed by atoms with Crippen molar-refractivity contribution in [1.82, 2.24) is 9.55 Å². The first-order chi connectivity index (χ1) is 15.2. The Hall–Kier alpha value is -1.37. The van der Waals surface area contributed by atoms with Gasteiger partial charge in [-0.15, -0.1) is 0 Å². The Morgan fingerprint density at radius 2 is 1.69 bits per heavy atom. The van der Waals surface area contributed by atoms with E-state index in [2.05, 4.69) is 88.1 Å². The van der Waals surface area contributed by atoms with Crippen LogP contribution in [0.3, 0.4) is 0 Å². The maximum Gasteiger partial charge on any atom is 0.147 e. The van der Waals surface area contributed by atoms with Gasteiger partial charge in [0.2, 0.25) is 0 Å². The van der Waals surface area contributed by atoms with Crippen molar-refractivity contribution in [3.05, 3.63) is 49.7 Å². The van der Waals surface area contributed by atoms with Crippen LogP contribution in [0, 0.1) is 26.7 Å². The van der Waals surface area contributed by atoms with Gasteiger partial charge < -0.3 is 10.0 Å². The highest BCUT2D eigenvalue weighted by molar-refractivity contribution is 9.11. The number of rotatable bonds is 5. The van der Waals surface area contributed by atoms with E-state index < -0.39 is 0 Å². The Bertz CT molecular complexity index is 1120. The Morgan fingerprint density at radius 1 is 1.06 bits per heavy atom. The van der Waals surface area contributed by atoms with E-state index in [1.54, 1.807) is 0 Å². The van der Waals surface area contributed by atoms with E-state index in [1.165, 1.54) is 33.5 Å². The summed E-state index contributed by atoms with van der Waals surface area (Å²) in [6, 6.07) is 4.46. The summed E-state index contributed by atoms with van der Waals surface area (Å²) in [5, 5.41) is 10.6. The van der Waals surface area contributed by atoms with Crippen molar-refractivity contribution in [2.45, 2.75) is 59.8 Å². The van der Waals surface area contributed by atoms with Gasteiger partial charge in [0.1, 0.15) is 5.65 Å². The molecular weight excluding hydrogens is 530 g/mol. The summed E-state index contributed by atoms with van der Waals surface area (Å²) in [5.74, 6) is 1.09. The molecule has 172 valence electrons. The normalized spacial score (nSPS) is 15.3. The van der Waals surface area contributed by atoms with E-state index in [1.807, 2.05) is 6.20 Å². The van der Waals surface area contributed by atoms with Gasteiger partial charge in [-0.25, -0.2) is 4.98 Å². The van der Waals surface area contributed by atoms with Crippen LogP contribution in [0.5, 0.6) is 0 Å². The fourth-order valence-corrected chi connectivity index (χ4v) is 6.63. The number of hydrogen-bond acceptors (Lipinski definition) is 3. The number of fused-ring (bicyclic) bond motifs is 1. The van der Waals surface area contributed by atoms with Gasteiger partial charge in [0.15, 0.2) is 0 Å². The Kier molecular flexibility index (Phi) is 7.04. The molecule has 1 saturated heterocycles. The molecule has 4 nitrogen and oxygen atoms in total. The minimum atomic E-state index is 0.295. The van der Waals surface area contributed by atoms with E-state index >= 15 is 0 Å². The highest BCUT2D eigenvalue weighted by Gasteiger charge is 2.26. The molecular formula is C26H33Br2N3O. The van der Waals surface area contributed by atoms with Gasteiger partial charge in [-0.3, -0.25) is 4.57 Å². The molecule has 2 aromatic heterocycles. The number of piperidine rings is 1. The largest absolute Gasteiger partial charge is 0.396 e. The minimum Gasteiger partial charge on any atom is -0.396 e. The molecule has 1 N–H and O–H groups in total. The molecule has 0 spiro atoms. The predicted molar refractivity (Wildman–Crippen MR) is 141 cm³/mol. The van der Waals surface area contributed by atoms with E-state index in [0.29, 0.717) is 18.4 Å². The average molecular weight is 563 g/mol. The third-order valence-corrected chi connectivity index (χ3v) is 8.29. The van der Waals surface area contributed by atoms with Crippen LogP contribution in [0.4, 0.5) is 5.69 Å². The van der Waals surface area contributed by atoms with Crippen molar-refractivity contribution in [2.24, 2.45) is 5.92 Å². The first-order valence-electron chi connectivity index (χ1n) is 11.6. The van der Waals surface area contributed by atoms with Crippen LogP contribution in [-0.2, 0) is 0 Å². The summed E-state index contributed by atoms with van der Waals surface area (Å²) in [4.78, 5) is 7.48. The number of pyridine rings is 1. The molecule has 1 aliphatic heterocycles. The van der Waals surface area contributed by atoms with Crippen LogP contribution in [0.1, 0.15) is 61.4 Å². The van der Waals surface area contributed by atoms with Gasteiger partial charge >= 0.3 is 0 Å². The van der Waals surface area contributed by atoms with Gasteiger partial charge in [0.25, 0.3) is 0 Å². The van der Waals surface area contributed by atoms with Gasteiger partial charge in [-0.1, -0.05) is 13.8 Å². The van der Waals surface area contributed by atoms with Crippen LogP contribution < -0.4 is 4.90 Å². The average Bonchev–Trinajstić information content (AvgIpc) is 2.99. The van der Waals surface area contributed by atoms with Crippen LogP contribution in [-0.4, -0.2) is 34.4 Å². The van der Waals surface area contributed by atoms with E-state index in [-0.39, 0.29) is 0 Å². The van der Waals surface area contributed by atoms with Crippen LogP contribution >= 0.6 is 31.9 Å². The third kappa shape index (κ3) is 4.14. The van der Waals surface area contributed by atoms with Gasteiger partial charge in [-0.2, -0.15) is 0 Å². The molecule has 0 unspecified atom stereocenters. The molecule has 0 atom stereocenters. The molecule has 0 amide bonds. The fourth-order valence-electron chi connectivity index (χ4n) is 5.05. The molecule has 4 rings (SSSR count). The maximum atomic E-state index is 9.32. The highest BCUT2D eigenvalue weighted by Crippen LogP contribution is 2.41. The molecule has 0 bridgehead atoms. The lowest BCUT2D eigenvalue weighted by Crippen LogP contribution is -2.34. The SMILES string of the molecule is Cc1cnc2c(c(C)c(C)n2-c2c(Br)cc(C(C)C)cc2Br)c1N1CCC(CCO)CC1. The van der Waals surface area contributed by atoms with Crippen molar-refractivity contribution in [3.8, 4) is 5.69 Å². The zero-order valence-electron chi connectivity index (χ0n) is 19.7. The summed E-state index contributed by atoms with van der Waals surface area (Å²) in [7, 11) is 0. The molecule has 0 aliphatic carbocycles. The highest BCUT2D eigenvalue weighted by atomic mass is 79.9. The van der Waals surface area contributed by atoms with Crippen molar-refractivity contribution < 1.29 is 5.11 Å². The lowest BCUT2D eigenvalue weighted by molar-refractivity contribution is 0.240. The number of halogens is 2. The summed E-state index contributed by atoms with van der Waals surface area (Å²) in [6.45, 7) is 13.4. The first kappa shape index (κ1) is 23.8. The monoisotopic (exact) mass is 561 g/mol. The number of anilines is 1. The molecule has 32 heavy (non-hydrogen) atoms. The number of hydrogen-bond donors (Lipinski definition) is 1. The number of benzene rings is 1. The number of aliphatic hydroxyl groups is 1. The molecule has 6 heteroatoms. The zero-order chi connectivity index (χ0) is 23.2. The van der Waals surface area contributed by atoms with E-state index in [9.17, 15) is 5.11 Å². The standard InChI is InChI=1S/C26H33Br2N3O/c1-15(2)20-12-21(27)25(22(28)13-20)31-18(5)17(4)23-24(16(3)14-29-26(23)31)30-9-6-19(7-10-30)8-11-32/h12-15,19,32H,6-11H2,1-5H3. The molecule has 3 aromatic rings. The van der Waals surface area contributed by atoms with Crippen molar-refractivity contribution in [2.75, 3.05) is 24.6 Å². The first-order valence-corrected chi connectivity index (χ1v) is 13.2. The quantitative estimate of drug-likeness (QED) is 0.357. The second kappa shape index (κ2) is 9.47. The third-order valence-electron chi connectivity index (χ3n) is 7.08. The molecule has 1 aromatic carbocycles. The maximum absolute atomic E-state index is 9.32. The van der Waals surface area contributed by atoms with E-state index in [0.717, 1.165) is 52.6 Å². The number of aryl methyl sites for hydroxylation is 2.